The molecule has 2 fully saturated rings. The van der Waals surface area contributed by atoms with E-state index < -0.39 is 0 Å². The quantitative estimate of drug-likeness (QED) is 0.723. The molecule has 0 aromatic heterocycles. The normalized spacial score (nSPS) is 34.2. The van der Waals surface area contributed by atoms with E-state index in [1.807, 2.05) is 0 Å². The lowest BCUT2D eigenvalue weighted by atomic mass is 10.0. The standard InChI is InChI=1S/C14H19NO/c1-14(11-16-14)13-8-5-9-15(13)10-12-6-3-2-4-7-12/h2-4,6-7,13H,5,8-11H2,1H3. The average molecular weight is 217 g/mol. The second-order valence-electron chi connectivity index (χ2n) is 5.22. The Morgan fingerprint density at radius 2 is 2.12 bits per heavy atom. The van der Waals surface area contributed by atoms with Crippen LogP contribution in [0.5, 0.6) is 0 Å². The van der Waals surface area contributed by atoms with Crippen molar-refractivity contribution in [1.82, 2.24) is 4.90 Å². The Hall–Kier alpha value is -0.860. The molecule has 2 aliphatic rings. The molecule has 2 heteroatoms. The molecule has 2 unspecified atom stereocenters. The first kappa shape index (κ1) is 10.3. The highest BCUT2D eigenvalue weighted by molar-refractivity contribution is 5.15. The number of nitrogens with zero attached hydrogens (tertiary/aromatic N) is 1. The first-order valence-electron chi connectivity index (χ1n) is 6.20. The van der Waals surface area contributed by atoms with Crippen molar-refractivity contribution < 1.29 is 4.74 Å². The minimum Gasteiger partial charge on any atom is -0.368 e. The van der Waals surface area contributed by atoms with Crippen LogP contribution in [-0.2, 0) is 11.3 Å². The Labute approximate surface area is 97.2 Å². The van der Waals surface area contributed by atoms with Gasteiger partial charge in [-0.05, 0) is 31.9 Å². The summed E-state index contributed by atoms with van der Waals surface area (Å²) in [6.07, 6.45) is 2.61. The van der Waals surface area contributed by atoms with Gasteiger partial charge in [0.15, 0.2) is 0 Å². The van der Waals surface area contributed by atoms with Crippen LogP contribution in [0.15, 0.2) is 30.3 Å². The van der Waals surface area contributed by atoms with Crippen LogP contribution in [0.2, 0.25) is 0 Å². The van der Waals surface area contributed by atoms with Gasteiger partial charge in [-0.1, -0.05) is 30.3 Å². The minimum absolute atomic E-state index is 0.158. The number of epoxide rings is 1. The maximum atomic E-state index is 5.61. The van der Waals surface area contributed by atoms with Crippen LogP contribution in [0.4, 0.5) is 0 Å². The van der Waals surface area contributed by atoms with E-state index in [0.29, 0.717) is 6.04 Å². The summed E-state index contributed by atoms with van der Waals surface area (Å²) in [4.78, 5) is 2.59. The molecule has 1 aromatic carbocycles. The monoisotopic (exact) mass is 217 g/mol. The van der Waals surface area contributed by atoms with E-state index in [2.05, 4.69) is 42.2 Å². The Morgan fingerprint density at radius 1 is 1.38 bits per heavy atom. The van der Waals surface area contributed by atoms with Gasteiger partial charge in [-0.2, -0.15) is 0 Å². The predicted octanol–water partition coefficient (Wildman–Crippen LogP) is 2.44. The minimum atomic E-state index is 0.158. The van der Waals surface area contributed by atoms with Crippen molar-refractivity contribution in [3.05, 3.63) is 35.9 Å². The summed E-state index contributed by atoms with van der Waals surface area (Å²) in [5, 5.41) is 0. The molecule has 0 saturated carbocycles. The van der Waals surface area contributed by atoms with Crippen LogP contribution < -0.4 is 0 Å². The lowest BCUT2D eigenvalue weighted by Gasteiger charge is -2.27. The van der Waals surface area contributed by atoms with E-state index in [1.54, 1.807) is 0 Å². The van der Waals surface area contributed by atoms with Crippen LogP contribution in [0.25, 0.3) is 0 Å². The van der Waals surface area contributed by atoms with Crippen LogP contribution in [-0.4, -0.2) is 29.7 Å². The van der Waals surface area contributed by atoms with Crippen molar-refractivity contribution in [2.24, 2.45) is 0 Å². The fourth-order valence-electron chi connectivity index (χ4n) is 2.83. The Bertz CT molecular complexity index is 358. The Morgan fingerprint density at radius 3 is 2.81 bits per heavy atom. The van der Waals surface area contributed by atoms with Crippen LogP contribution in [0.1, 0.15) is 25.3 Å². The summed E-state index contributed by atoms with van der Waals surface area (Å²) < 4.78 is 5.61. The van der Waals surface area contributed by atoms with Gasteiger partial charge in [0.1, 0.15) is 5.60 Å². The summed E-state index contributed by atoms with van der Waals surface area (Å²) in [5.74, 6) is 0. The number of rotatable bonds is 3. The van der Waals surface area contributed by atoms with Gasteiger partial charge in [-0.15, -0.1) is 0 Å². The largest absolute Gasteiger partial charge is 0.368 e. The molecule has 0 aliphatic carbocycles. The van der Waals surface area contributed by atoms with Crippen molar-refractivity contribution in [3.63, 3.8) is 0 Å². The SMILES string of the molecule is CC1(C2CCCN2Cc2ccccc2)CO1. The molecule has 2 nitrogen and oxygen atoms in total. The zero-order valence-corrected chi connectivity index (χ0v) is 9.86. The molecule has 16 heavy (non-hydrogen) atoms. The fourth-order valence-corrected chi connectivity index (χ4v) is 2.83. The second kappa shape index (κ2) is 3.86. The topological polar surface area (TPSA) is 15.8 Å². The van der Waals surface area contributed by atoms with Gasteiger partial charge < -0.3 is 4.74 Å². The molecule has 2 atom stereocenters. The van der Waals surface area contributed by atoms with Crippen molar-refractivity contribution in [3.8, 4) is 0 Å². The molecule has 2 heterocycles. The first-order valence-corrected chi connectivity index (χ1v) is 6.20. The molecule has 3 rings (SSSR count). The molecule has 0 amide bonds. The van der Waals surface area contributed by atoms with Crippen LogP contribution >= 0.6 is 0 Å². The molecule has 1 aromatic rings. The number of benzene rings is 1. The Balaban J connectivity index is 1.70. The van der Waals surface area contributed by atoms with Crippen molar-refractivity contribution in [2.75, 3.05) is 13.2 Å². The van der Waals surface area contributed by atoms with E-state index in [1.165, 1.54) is 24.9 Å². The van der Waals surface area contributed by atoms with Gasteiger partial charge in [0.25, 0.3) is 0 Å². The lowest BCUT2D eigenvalue weighted by Crippen LogP contribution is -2.39. The number of hydrogen-bond donors (Lipinski definition) is 0. The highest BCUT2D eigenvalue weighted by Gasteiger charge is 2.50. The van der Waals surface area contributed by atoms with E-state index in [-0.39, 0.29) is 5.60 Å². The second-order valence-corrected chi connectivity index (χ2v) is 5.22. The van der Waals surface area contributed by atoms with Crippen molar-refractivity contribution in [1.29, 1.82) is 0 Å². The van der Waals surface area contributed by atoms with Gasteiger partial charge in [0, 0.05) is 12.6 Å². The molecule has 86 valence electrons. The third-order valence-corrected chi connectivity index (χ3v) is 3.90. The predicted molar refractivity (Wildman–Crippen MR) is 64.2 cm³/mol. The summed E-state index contributed by atoms with van der Waals surface area (Å²) >= 11 is 0. The van der Waals surface area contributed by atoms with Gasteiger partial charge in [0.2, 0.25) is 0 Å². The lowest BCUT2D eigenvalue weighted by molar-refractivity contribution is 0.149. The van der Waals surface area contributed by atoms with E-state index in [0.717, 1.165) is 13.2 Å². The van der Waals surface area contributed by atoms with Crippen LogP contribution in [0, 0.1) is 0 Å². The molecule has 0 bridgehead atoms. The molecule has 2 saturated heterocycles. The molecule has 0 radical (unpaired) electrons. The van der Waals surface area contributed by atoms with Crippen molar-refractivity contribution in [2.45, 2.75) is 38.0 Å². The highest BCUT2D eigenvalue weighted by Crippen LogP contribution is 2.39. The van der Waals surface area contributed by atoms with E-state index in [4.69, 9.17) is 4.74 Å². The smallest absolute Gasteiger partial charge is 0.104 e. The summed E-state index contributed by atoms with van der Waals surface area (Å²) in [6.45, 7) is 5.49. The average Bonchev–Trinajstić information content (AvgIpc) is 2.88. The maximum absolute atomic E-state index is 5.61. The zero-order valence-electron chi connectivity index (χ0n) is 9.86. The number of ether oxygens (including phenoxy) is 1. The molecule has 0 N–H and O–H groups in total. The molecule has 2 aliphatic heterocycles. The van der Waals surface area contributed by atoms with E-state index in [9.17, 15) is 0 Å². The molecular weight excluding hydrogens is 198 g/mol. The third kappa shape index (κ3) is 1.87. The van der Waals surface area contributed by atoms with Crippen molar-refractivity contribution >= 4 is 0 Å². The first-order chi connectivity index (χ1) is 7.78. The summed E-state index contributed by atoms with van der Waals surface area (Å²) in [5.41, 5.74) is 1.57. The van der Waals surface area contributed by atoms with Gasteiger partial charge >= 0.3 is 0 Å². The van der Waals surface area contributed by atoms with E-state index >= 15 is 0 Å². The van der Waals surface area contributed by atoms with Gasteiger partial charge in [-0.3, -0.25) is 4.90 Å². The zero-order chi connectivity index (χ0) is 11.0. The number of hydrogen-bond acceptors (Lipinski definition) is 2. The molecular formula is C14H19NO. The van der Waals surface area contributed by atoms with Gasteiger partial charge in [0.05, 0.1) is 6.61 Å². The maximum Gasteiger partial charge on any atom is 0.104 e. The Kier molecular flexibility index (Phi) is 2.49. The summed E-state index contributed by atoms with van der Waals surface area (Å²) in [6, 6.07) is 11.4. The third-order valence-electron chi connectivity index (χ3n) is 3.90. The fraction of sp³-hybridized carbons (Fsp3) is 0.571. The summed E-state index contributed by atoms with van der Waals surface area (Å²) in [7, 11) is 0. The number of likely N-dealkylation sites (tertiary alicyclic amines) is 1. The van der Waals surface area contributed by atoms with Crippen LogP contribution in [0.3, 0.4) is 0 Å². The highest BCUT2D eigenvalue weighted by atomic mass is 16.6. The molecule has 0 spiro atoms. The van der Waals surface area contributed by atoms with Gasteiger partial charge in [-0.25, -0.2) is 0 Å².